The molecule has 0 aliphatic rings. The van der Waals surface area contributed by atoms with Gasteiger partial charge in [0.25, 0.3) is 0 Å². The van der Waals surface area contributed by atoms with Gasteiger partial charge in [0.2, 0.25) is 5.89 Å². The fraction of sp³-hybridized carbons (Fsp3) is 0.273. The van der Waals surface area contributed by atoms with Crippen LogP contribution >= 0.6 is 15.9 Å². The smallest absolute Gasteiger partial charge is 0.223 e. The third-order valence-electron chi connectivity index (χ3n) is 2.27. The summed E-state index contributed by atoms with van der Waals surface area (Å²) in [4.78, 5) is 4.07. The number of hydrogen-bond acceptors (Lipinski definition) is 4. The van der Waals surface area contributed by atoms with Crippen LogP contribution in [0.5, 0.6) is 0 Å². The maximum Gasteiger partial charge on any atom is 0.223 e. The number of rotatable bonds is 3. The number of nitrogens with one attached hydrogen (secondary N) is 1. The molecule has 4 nitrogen and oxygen atoms in total. The summed E-state index contributed by atoms with van der Waals surface area (Å²) in [7, 11) is 0. The van der Waals surface area contributed by atoms with Gasteiger partial charge in [-0.05, 0) is 40.5 Å². The van der Waals surface area contributed by atoms with Crippen LogP contribution in [-0.2, 0) is 6.54 Å². The Morgan fingerprint density at radius 1 is 1.41 bits per heavy atom. The summed E-state index contributed by atoms with van der Waals surface area (Å²) in [5.41, 5.74) is 1.66. The maximum absolute atomic E-state index is 13.2. The normalized spacial score (nSPS) is 10.6. The lowest BCUT2D eigenvalue weighted by Gasteiger charge is -2.08. The highest BCUT2D eigenvalue weighted by Gasteiger charge is 2.06. The molecular formula is C11H11BrFN3O. The van der Waals surface area contributed by atoms with Crippen LogP contribution in [-0.4, -0.2) is 10.1 Å². The molecule has 0 bridgehead atoms. The summed E-state index contributed by atoms with van der Waals surface area (Å²) < 4.78 is 18.5. The van der Waals surface area contributed by atoms with E-state index in [1.165, 1.54) is 6.07 Å². The third kappa shape index (κ3) is 2.82. The molecule has 6 heteroatoms. The van der Waals surface area contributed by atoms with Crippen molar-refractivity contribution in [2.24, 2.45) is 0 Å². The van der Waals surface area contributed by atoms with E-state index in [0.717, 1.165) is 11.3 Å². The summed E-state index contributed by atoms with van der Waals surface area (Å²) in [6, 6.07) is 3.16. The fourth-order valence-electron chi connectivity index (χ4n) is 1.42. The van der Waals surface area contributed by atoms with Crippen LogP contribution in [0.1, 0.15) is 17.3 Å². The van der Waals surface area contributed by atoms with Crippen molar-refractivity contribution in [2.75, 3.05) is 5.32 Å². The van der Waals surface area contributed by atoms with Crippen molar-refractivity contribution in [2.45, 2.75) is 20.4 Å². The summed E-state index contributed by atoms with van der Waals surface area (Å²) in [5.74, 6) is 0.824. The van der Waals surface area contributed by atoms with Crippen LogP contribution in [0.25, 0.3) is 0 Å². The van der Waals surface area contributed by atoms with E-state index in [2.05, 4.69) is 31.4 Å². The van der Waals surface area contributed by atoms with Crippen LogP contribution in [0.15, 0.2) is 21.1 Å². The minimum absolute atomic E-state index is 0.275. The molecule has 0 aliphatic heterocycles. The number of aryl methyl sites for hydroxylation is 2. The zero-order valence-corrected chi connectivity index (χ0v) is 11.0. The Labute approximate surface area is 106 Å². The van der Waals surface area contributed by atoms with Crippen LogP contribution in [0, 0.1) is 19.7 Å². The molecule has 1 aromatic heterocycles. The van der Waals surface area contributed by atoms with Crippen molar-refractivity contribution in [1.82, 2.24) is 10.1 Å². The largest absolute Gasteiger partial charge is 0.377 e. The Hall–Kier alpha value is -1.43. The van der Waals surface area contributed by atoms with Gasteiger partial charge in [-0.25, -0.2) is 4.39 Å². The Balaban J connectivity index is 2.11. The Bertz CT molecular complexity index is 542. The molecular weight excluding hydrogens is 289 g/mol. The van der Waals surface area contributed by atoms with Gasteiger partial charge in [0.05, 0.1) is 11.0 Å². The lowest BCUT2D eigenvalue weighted by atomic mass is 10.2. The summed E-state index contributed by atoms with van der Waals surface area (Å²) in [5, 5.41) is 6.90. The van der Waals surface area contributed by atoms with E-state index in [0.29, 0.717) is 22.7 Å². The van der Waals surface area contributed by atoms with Crippen molar-refractivity contribution in [3.63, 3.8) is 0 Å². The standard InChI is InChI=1S/C11H11BrFN3O/c1-6-3-9(13)8(12)4-10(6)14-5-11-15-7(2)17-16-11/h3-4,14H,5H2,1-2H3. The van der Waals surface area contributed by atoms with Crippen LogP contribution in [0.3, 0.4) is 0 Å². The first-order chi connectivity index (χ1) is 8.06. The van der Waals surface area contributed by atoms with Gasteiger partial charge in [-0.2, -0.15) is 4.98 Å². The third-order valence-corrected chi connectivity index (χ3v) is 2.88. The average molecular weight is 300 g/mol. The maximum atomic E-state index is 13.2. The van der Waals surface area contributed by atoms with Crippen molar-refractivity contribution in [1.29, 1.82) is 0 Å². The second-order valence-electron chi connectivity index (χ2n) is 3.66. The van der Waals surface area contributed by atoms with Gasteiger partial charge >= 0.3 is 0 Å². The van der Waals surface area contributed by atoms with E-state index in [9.17, 15) is 4.39 Å². The predicted octanol–water partition coefficient (Wildman–Crippen LogP) is 3.20. The minimum atomic E-state index is -0.275. The van der Waals surface area contributed by atoms with Gasteiger partial charge in [0.1, 0.15) is 5.82 Å². The highest BCUT2D eigenvalue weighted by atomic mass is 79.9. The van der Waals surface area contributed by atoms with Crippen molar-refractivity contribution < 1.29 is 8.91 Å². The Morgan fingerprint density at radius 2 is 2.18 bits per heavy atom. The summed E-state index contributed by atoms with van der Waals surface area (Å²) in [6.45, 7) is 4.01. The number of halogens is 2. The molecule has 0 atom stereocenters. The van der Waals surface area contributed by atoms with Crippen LogP contribution in [0.4, 0.5) is 10.1 Å². The first-order valence-corrected chi connectivity index (χ1v) is 5.84. The van der Waals surface area contributed by atoms with E-state index in [1.807, 2.05) is 6.92 Å². The van der Waals surface area contributed by atoms with Crippen LogP contribution < -0.4 is 5.32 Å². The van der Waals surface area contributed by atoms with E-state index in [4.69, 9.17) is 4.52 Å². The molecule has 0 unspecified atom stereocenters. The molecule has 0 amide bonds. The molecule has 0 radical (unpaired) electrons. The predicted molar refractivity (Wildman–Crippen MR) is 65.2 cm³/mol. The molecule has 1 aromatic carbocycles. The summed E-state index contributed by atoms with van der Waals surface area (Å²) in [6.07, 6.45) is 0. The molecule has 1 N–H and O–H groups in total. The van der Waals surface area contributed by atoms with Crippen molar-refractivity contribution in [3.8, 4) is 0 Å². The van der Waals surface area contributed by atoms with Gasteiger partial charge in [0, 0.05) is 12.6 Å². The number of aromatic nitrogens is 2. The lowest BCUT2D eigenvalue weighted by Crippen LogP contribution is -2.03. The molecule has 17 heavy (non-hydrogen) atoms. The first-order valence-electron chi connectivity index (χ1n) is 5.05. The Morgan fingerprint density at radius 3 is 2.82 bits per heavy atom. The average Bonchev–Trinajstić information content (AvgIpc) is 2.68. The van der Waals surface area contributed by atoms with Crippen molar-refractivity contribution >= 4 is 21.6 Å². The minimum Gasteiger partial charge on any atom is -0.377 e. The molecule has 0 aliphatic carbocycles. The summed E-state index contributed by atoms with van der Waals surface area (Å²) >= 11 is 3.15. The van der Waals surface area contributed by atoms with Gasteiger partial charge < -0.3 is 9.84 Å². The van der Waals surface area contributed by atoms with Gasteiger partial charge in [-0.3, -0.25) is 0 Å². The molecule has 90 valence electrons. The fourth-order valence-corrected chi connectivity index (χ4v) is 1.77. The highest BCUT2D eigenvalue weighted by Crippen LogP contribution is 2.24. The quantitative estimate of drug-likeness (QED) is 0.945. The topological polar surface area (TPSA) is 51.0 Å². The zero-order valence-electron chi connectivity index (χ0n) is 9.42. The second kappa shape index (κ2) is 4.83. The molecule has 0 spiro atoms. The van der Waals surface area contributed by atoms with E-state index < -0.39 is 0 Å². The molecule has 0 fully saturated rings. The first kappa shape index (κ1) is 12.0. The SMILES string of the molecule is Cc1nc(CNc2cc(Br)c(F)cc2C)no1. The lowest BCUT2D eigenvalue weighted by molar-refractivity contribution is 0.388. The molecule has 2 rings (SSSR count). The van der Waals surface area contributed by atoms with Gasteiger partial charge in [-0.15, -0.1) is 0 Å². The zero-order chi connectivity index (χ0) is 12.4. The second-order valence-corrected chi connectivity index (χ2v) is 4.52. The number of hydrogen-bond donors (Lipinski definition) is 1. The van der Waals surface area contributed by atoms with Gasteiger partial charge in [0.15, 0.2) is 5.82 Å². The molecule has 2 aromatic rings. The van der Waals surface area contributed by atoms with Gasteiger partial charge in [-0.1, -0.05) is 5.16 Å². The molecule has 0 saturated heterocycles. The van der Waals surface area contributed by atoms with E-state index in [1.54, 1.807) is 13.0 Å². The number of anilines is 1. The number of nitrogens with zero attached hydrogens (tertiary/aromatic N) is 2. The Kier molecular flexibility index (Phi) is 3.42. The van der Waals surface area contributed by atoms with Crippen molar-refractivity contribution in [3.05, 3.63) is 39.7 Å². The number of benzene rings is 1. The highest BCUT2D eigenvalue weighted by molar-refractivity contribution is 9.10. The van der Waals surface area contributed by atoms with E-state index in [-0.39, 0.29) is 5.82 Å². The monoisotopic (exact) mass is 299 g/mol. The van der Waals surface area contributed by atoms with E-state index >= 15 is 0 Å². The van der Waals surface area contributed by atoms with Crippen LogP contribution in [0.2, 0.25) is 0 Å². The molecule has 0 saturated carbocycles. The molecule has 1 heterocycles.